The van der Waals surface area contributed by atoms with Crippen LogP contribution in [-0.4, -0.2) is 65.9 Å². The third-order valence-electron chi connectivity index (χ3n) is 5.52. The summed E-state index contributed by atoms with van der Waals surface area (Å²) in [5.74, 6) is -2.76. The summed E-state index contributed by atoms with van der Waals surface area (Å²) in [6.45, 7) is 3.88. The van der Waals surface area contributed by atoms with Gasteiger partial charge in [-0.3, -0.25) is 24.2 Å². The first kappa shape index (κ1) is 26.8. The molecule has 11 nitrogen and oxygen atoms in total. The van der Waals surface area contributed by atoms with Crippen LogP contribution in [0.5, 0.6) is 0 Å². The van der Waals surface area contributed by atoms with E-state index in [2.05, 4.69) is 25.9 Å². The van der Waals surface area contributed by atoms with E-state index in [-0.39, 0.29) is 24.5 Å². The molecule has 3 rings (SSSR count). The van der Waals surface area contributed by atoms with E-state index in [0.717, 1.165) is 5.56 Å². The molecule has 0 spiro atoms. The Balaban J connectivity index is 1.81. The predicted molar refractivity (Wildman–Crippen MR) is 130 cm³/mol. The molecular formula is C24H30BN5O6. The lowest BCUT2D eigenvalue weighted by Gasteiger charge is -2.32. The number of nitrogens with zero attached hydrogens (tertiary/aromatic N) is 2. The van der Waals surface area contributed by atoms with Crippen molar-refractivity contribution in [1.29, 1.82) is 0 Å². The van der Waals surface area contributed by atoms with Gasteiger partial charge >= 0.3 is 7.12 Å². The first-order chi connectivity index (χ1) is 17.3. The van der Waals surface area contributed by atoms with Gasteiger partial charge in [0.25, 0.3) is 11.9 Å². The summed E-state index contributed by atoms with van der Waals surface area (Å²) in [7, 11) is 0.287. The van der Waals surface area contributed by atoms with Gasteiger partial charge in [-0.05, 0) is 17.9 Å². The fourth-order valence-corrected chi connectivity index (χ4v) is 3.80. The van der Waals surface area contributed by atoms with Crippen molar-refractivity contribution in [1.82, 2.24) is 25.9 Å². The van der Waals surface area contributed by atoms with Crippen molar-refractivity contribution in [3.8, 4) is 0 Å². The fraction of sp³-hybridized carbons (Fsp3) is 0.417. The van der Waals surface area contributed by atoms with Crippen LogP contribution in [0.4, 0.5) is 0 Å². The zero-order valence-corrected chi connectivity index (χ0v) is 20.5. The van der Waals surface area contributed by atoms with Crippen LogP contribution < -0.4 is 16.0 Å². The van der Waals surface area contributed by atoms with Crippen LogP contribution in [0.25, 0.3) is 0 Å². The standard InChI is InChI=1S/C24H30BN5O6/c1-15(2)11-20(25-35-19(24(34)26-3)13-21(31)36-25)30-22(32)17(12-16-7-5-4-6-8-16)29-23(33)18-14-27-9-10-28-18/h4-10,14-15,17,19-20H,11-13H2,1-3H3,(H,26,34)(H,29,33)(H,30,32)/t17-,19+,20-/m0/s1. The van der Waals surface area contributed by atoms with Crippen molar-refractivity contribution in [3.63, 3.8) is 0 Å². The fourth-order valence-electron chi connectivity index (χ4n) is 3.80. The summed E-state index contributed by atoms with van der Waals surface area (Å²) in [5.41, 5.74) is 0.901. The first-order valence-corrected chi connectivity index (χ1v) is 11.7. The molecule has 0 saturated carbocycles. The SMILES string of the molecule is CNC(=O)[C@H]1CC(=O)OB([C@H](CC(C)C)NC(=O)[C@H](Cc2ccccc2)NC(=O)c2cnccn2)O1. The molecule has 1 aliphatic heterocycles. The molecule has 190 valence electrons. The van der Waals surface area contributed by atoms with Gasteiger partial charge < -0.3 is 25.3 Å². The molecule has 3 amide bonds. The van der Waals surface area contributed by atoms with Crippen molar-refractivity contribution in [2.45, 2.75) is 51.2 Å². The Kier molecular flexibility index (Phi) is 9.51. The van der Waals surface area contributed by atoms with E-state index in [1.54, 1.807) is 0 Å². The van der Waals surface area contributed by atoms with Crippen LogP contribution >= 0.6 is 0 Å². The minimum atomic E-state index is -1.16. The summed E-state index contributed by atoms with van der Waals surface area (Å²) in [5, 5.41) is 8.05. The van der Waals surface area contributed by atoms with Gasteiger partial charge in [-0.2, -0.15) is 0 Å². The number of hydrogen-bond acceptors (Lipinski definition) is 8. The van der Waals surface area contributed by atoms with E-state index in [1.165, 1.54) is 25.6 Å². The Hall–Kier alpha value is -3.80. The normalized spacial score (nSPS) is 17.1. The largest absolute Gasteiger partial charge is 0.551 e. The summed E-state index contributed by atoms with van der Waals surface area (Å²) in [6.07, 6.45) is 3.51. The van der Waals surface area contributed by atoms with Crippen LogP contribution in [0, 0.1) is 5.92 Å². The number of aromatic nitrogens is 2. The van der Waals surface area contributed by atoms with Gasteiger partial charge in [0, 0.05) is 25.9 Å². The number of carbonyl (C=O) groups is 4. The molecule has 0 aliphatic carbocycles. The number of likely N-dealkylation sites (N-methyl/N-ethyl adjacent to an activating group) is 1. The minimum Gasteiger partial charge on any atom is -0.508 e. The predicted octanol–water partition coefficient (Wildman–Crippen LogP) is 0.454. The maximum Gasteiger partial charge on any atom is 0.551 e. The molecule has 1 aromatic heterocycles. The summed E-state index contributed by atoms with van der Waals surface area (Å²) >= 11 is 0. The van der Waals surface area contributed by atoms with Gasteiger partial charge in [-0.1, -0.05) is 44.2 Å². The van der Waals surface area contributed by atoms with Crippen LogP contribution in [0.1, 0.15) is 42.7 Å². The molecule has 0 bridgehead atoms. The van der Waals surface area contributed by atoms with E-state index in [4.69, 9.17) is 9.31 Å². The third kappa shape index (κ3) is 7.60. The van der Waals surface area contributed by atoms with Crippen molar-refractivity contribution in [2.75, 3.05) is 7.05 Å². The summed E-state index contributed by atoms with van der Waals surface area (Å²) in [4.78, 5) is 58.4. The second-order valence-corrected chi connectivity index (χ2v) is 8.85. The molecule has 0 unspecified atom stereocenters. The average Bonchev–Trinajstić information content (AvgIpc) is 2.87. The number of rotatable bonds is 10. The Morgan fingerprint density at radius 3 is 2.53 bits per heavy atom. The molecule has 36 heavy (non-hydrogen) atoms. The van der Waals surface area contributed by atoms with Crippen molar-refractivity contribution in [2.24, 2.45) is 5.92 Å². The van der Waals surface area contributed by atoms with Gasteiger partial charge in [0.2, 0.25) is 11.8 Å². The highest BCUT2D eigenvalue weighted by molar-refractivity contribution is 6.50. The van der Waals surface area contributed by atoms with E-state index in [1.807, 2.05) is 44.2 Å². The Morgan fingerprint density at radius 1 is 1.14 bits per heavy atom. The lowest BCUT2D eigenvalue weighted by Crippen LogP contribution is -2.59. The summed E-state index contributed by atoms with van der Waals surface area (Å²) < 4.78 is 11.1. The lowest BCUT2D eigenvalue weighted by atomic mass is 9.72. The van der Waals surface area contributed by atoms with Crippen molar-refractivity contribution in [3.05, 3.63) is 60.2 Å². The second-order valence-electron chi connectivity index (χ2n) is 8.85. The highest BCUT2D eigenvalue weighted by Gasteiger charge is 2.44. The Morgan fingerprint density at radius 2 is 1.89 bits per heavy atom. The minimum absolute atomic E-state index is 0.0695. The van der Waals surface area contributed by atoms with Crippen molar-refractivity contribution >= 4 is 30.8 Å². The number of nitrogens with one attached hydrogen (secondary N) is 3. The Labute approximate surface area is 209 Å². The molecule has 1 aliphatic rings. The van der Waals surface area contributed by atoms with Crippen LogP contribution in [0.15, 0.2) is 48.9 Å². The average molecular weight is 495 g/mol. The lowest BCUT2D eigenvalue weighted by molar-refractivity contribution is -0.149. The number of amides is 3. The molecule has 2 heterocycles. The molecular weight excluding hydrogens is 465 g/mol. The first-order valence-electron chi connectivity index (χ1n) is 11.7. The smallest absolute Gasteiger partial charge is 0.508 e. The van der Waals surface area contributed by atoms with Crippen LogP contribution in [-0.2, 0) is 30.1 Å². The van der Waals surface area contributed by atoms with Gasteiger partial charge in [0.05, 0.1) is 18.6 Å². The Bertz CT molecular complexity index is 1060. The molecule has 1 fully saturated rings. The van der Waals surface area contributed by atoms with Gasteiger partial charge in [0.1, 0.15) is 17.8 Å². The molecule has 3 atom stereocenters. The van der Waals surface area contributed by atoms with Gasteiger partial charge in [0.15, 0.2) is 0 Å². The third-order valence-corrected chi connectivity index (χ3v) is 5.52. The topological polar surface area (TPSA) is 149 Å². The number of carbonyl (C=O) groups excluding carboxylic acids is 4. The van der Waals surface area contributed by atoms with Gasteiger partial charge in [-0.25, -0.2) is 4.98 Å². The number of benzene rings is 1. The van der Waals surface area contributed by atoms with Crippen LogP contribution in [0.2, 0.25) is 0 Å². The molecule has 1 saturated heterocycles. The molecule has 1 aromatic carbocycles. The van der Waals surface area contributed by atoms with E-state index in [9.17, 15) is 19.2 Å². The quantitative estimate of drug-likeness (QED) is 0.403. The van der Waals surface area contributed by atoms with Crippen LogP contribution in [0.3, 0.4) is 0 Å². The van der Waals surface area contributed by atoms with E-state index in [0.29, 0.717) is 6.42 Å². The van der Waals surface area contributed by atoms with Gasteiger partial charge in [-0.15, -0.1) is 0 Å². The molecule has 12 heteroatoms. The zero-order chi connectivity index (χ0) is 26.1. The van der Waals surface area contributed by atoms with E-state index >= 15 is 0 Å². The summed E-state index contributed by atoms with van der Waals surface area (Å²) in [6, 6.07) is 8.26. The van der Waals surface area contributed by atoms with E-state index < -0.39 is 48.9 Å². The maximum atomic E-state index is 13.5. The highest BCUT2D eigenvalue weighted by Crippen LogP contribution is 2.18. The molecule has 2 aromatic rings. The monoisotopic (exact) mass is 495 g/mol. The molecule has 0 radical (unpaired) electrons. The van der Waals surface area contributed by atoms with Crippen molar-refractivity contribution < 1.29 is 28.5 Å². The maximum absolute atomic E-state index is 13.5. The number of hydrogen-bond donors (Lipinski definition) is 3. The zero-order valence-electron chi connectivity index (χ0n) is 20.5. The molecule has 3 N–H and O–H groups in total. The highest BCUT2D eigenvalue weighted by atomic mass is 16.6. The second kappa shape index (κ2) is 12.8.